The number of hydrogen-bond acceptors (Lipinski definition) is 4. The Balaban J connectivity index is 2.66. The van der Waals surface area contributed by atoms with E-state index in [1.54, 1.807) is 6.20 Å². The molecule has 0 aliphatic heterocycles. The molecule has 156 valence electrons. The summed E-state index contributed by atoms with van der Waals surface area (Å²) in [5.74, 6) is -0.744. The Hall–Kier alpha value is -2.79. The lowest BCUT2D eigenvalue weighted by atomic mass is 10.1. The molecule has 0 amide bonds. The van der Waals surface area contributed by atoms with Gasteiger partial charge in [0, 0.05) is 36.8 Å². The van der Waals surface area contributed by atoms with Crippen molar-refractivity contribution in [3.8, 4) is 0 Å². The van der Waals surface area contributed by atoms with Crippen LogP contribution in [0, 0.1) is 0 Å². The van der Waals surface area contributed by atoms with Crippen LogP contribution < -0.4 is 5.32 Å². The zero-order valence-electron chi connectivity index (χ0n) is 17.8. The monoisotopic (exact) mass is 395 g/mol. The minimum Gasteiger partial charge on any atom is -0.481 e. The van der Waals surface area contributed by atoms with E-state index in [-0.39, 0.29) is 6.42 Å². The molecule has 29 heavy (non-hydrogen) atoms. The van der Waals surface area contributed by atoms with Crippen molar-refractivity contribution >= 4 is 17.9 Å². The third kappa shape index (κ3) is 12.3. The molecule has 0 aromatic heterocycles. The minimum atomic E-state index is -0.744. The first-order chi connectivity index (χ1) is 14.0. The van der Waals surface area contributed by atoms with Gasteiger partial charge in [-0.3, -0.25) is 14.8 Å². The number of rotatable bonds is 13. The summed E-state index contributed by atoms with van der Waals surface area (Å²) < 4.78 is 0. The summed E-state index contributed by atoms with van der Waals surface area (Å²) in [7, 11) is 0. The van der Waals surface area contributed by atoms with Crippen molar-refractivity contribution in [2.24, 2.45) is 9.98 Å². The predicted molar refractivity (Wildman–Crippen MR) is 123 cm³/mol. The SMILES string of the molecule is CCNCC(/C=C/N=C/CCCCC(=O)O)=C/C=C(C)/N=C(\C)c1ccccc1. The molecule has 0 aliphatic rings. The quantitative estimate of drug-likeness (QED) is 0.275. The van der Waals surface area contributed by atoms with Crippen molar-refractivity contribution in [1.82, 2.24) is 5.32 Å². The molecule has 0 saturated heterocycles. The standard InChI is InChI=1S/C24H33N3O2/c1-4-25-19-22(16-18-26-17-10-6-9-13-24(28)29)15-14-20(2)27-21(3)23-11-7-5-8-12-23/h5,7-8,11-12,14-18,25H,4,6,9-10,13,19H2,1-3H3,(H,28,29)/b18-16+,20-14+,22-15+,26-17+,27-21+. The summed E-state index contributed by atoms with van der Waals surface area (Å²) in [5.41, 5.74) is 4.16. The van der Waals surface area contributed by atoms with Gasteiger partial charge in [-0.05, 0) is 62.9 Å². The fraction of sp³-hybridized carbons (Fsp3) is 0.375. The van der Waals surface area contributed by atoms with Gasteiger partial charge >= 0.3 is 5.97 Å². The molecule has 0 spiro atoms. The Morgan fingerprint density at radius 1 is 1.14 bits per heavy atom. The number of aliphatic imine (C=N–C) groups is 2. The molecule has 2 N–H and O–H groups in total. The number of benzene rings is 1. The highest BCUT2D eigenvalue weighted by Crippen LogP contribution is 2.06. The van der Waals surface area contributed by atoms with Gasteiger partial charge in [0.2, 0.25) is 0 Å². The molecule has 1 rings (SSSR count). The lowest BCUT2D eigenvalue weighted by molar-refractivity contribution is -0.137. The topological polar surface area (TPSA) is 74.0 Å². The molecule has 0 bridgehead atoms. The number of allylic oxidation sites excluding steroid dienone is 3. The second-order valence-corrected chi connectivity index (χ2v) is 6.68. The number of unbranched alkanes of at least 4 members (excludes halogenated alkanes) is 2. The van der Waals surface area contributed by atoms with Crippen molar-refractivity contribution in [3.05, 3.63) is 71.6 Å². The van der Waals surface area contributed by atoms with E-state index >= 15 is 0 Å². The molecule has 1 aromatic carbocycles. The van der Waals surface area contributed by atoms with Crippen LogP contribution in [0.5, 0.6) is 0 Å². The fourth-order valence-electron chi connectivity index (χ4n) is 2.50. The van der Waals surface area contributed by atoms with Gasteiger partial charge < -0.3 is 10.4 Å². The van der Waals surface area contributed by atoms with E-state index in [0.29, 0.717) is 6.42 Å². The van der Waals surface area contributed by atoms with Crippen molar-refractivity contribution in [2.75, 3.05) is 13.1 Å². The Kier molecular flexibility index (Phi) is 12.7. The van der Waals surface area contributed by atoms with Crippen LogP contribution in [0.1, 0.15) is 52.0 Å². The van der Waals surface area contributed by atoms with Gasteiger partial charge in [-0.15, -0.1) is 0 Å². The molecule has 0 atom stereocenters. The molecule has 0 fully saturated rings. The smallest absolute Gasteiger partial charge is 0.303 e. The Morgan fingerprint density at radius 3 is 2.59 bits per heavy atom. The van der Waals surface area contributed by atoms with Crippen molar-refractivity contribution in [2.45, 2.75) is 46.5 Å². The highest BCUT2D eigenvalue weighted by atomic mass is 16.4. The number of likely N-dealkylation sites (N-methyl/N-ethyl adjacent to an activating group) is 1. The number of carboxylic acid groups (broad SMARTS) is 1. The van der Waals surface area contributed by atoms with Crippen LogP contribution in [-0.2, 0) is 4.79 Å². The molecule has 0 heterocycles. The molecule has 0 aliphatic carbocycles. The number of carboxylic acids is 1. The summed E-state index contributed by atoms with van der Waals surface area (Å²) in [6, 6.07) is 10.1. The molecule has 5 heteroatoms. The van der Waals surface area contributed by atoms with Gasteiger partial charge in [-0.2, -0.15) is 0 Å². The van der Waals surface area contributed by atoms with Crippen molar-refractivity contribution in [1.29, 1.82) is 0 Å². The summed E-state index contributed by atoms with van der Waals surface area (Å²) in [5, 5.41) is 11.9. The van der Waals surface area contributed by atoms with Crippen LogP contribution in [-0.4, -0.2) is 36.1 Å². The van der Waals surface area contributed by atoms with Crippen molar-refractivity contribution < 1.29 is 9.90 Å². The number of aliphatic carboxylic acids is 1. The first-order valence-electron chi connectivity index (χ1n) is 10.1. The molecule has 1 aromatic rings. The highest BCUT2D eigenvalue weighted by molar-refractivity contribution is 5.99. The maximum absolute atomic E-state index is 10.5. The van der Waals surface area contributed by atoms with Gasteiger partial charge in [-0.1, -0.05) is 43.3 Å². The number of carbonyl (C=O) groups is 1. The Morgan fingerprint density at radius 2 is 1.90 bits per heavy atom. The summed E-state index contributed by atoms with van der Waals surface area (Å²) in [4.78, 5) is 19.4. The molecular weight excluding hydrogens is 362 g/mol. The minimum absolute atomic E-state index is 0.219. The molecule has 0 saturated carbocycles. The second kappa shape index (κ2) is 15.2. The van der Waals surface area contributed by atoms with Gasteiger partial charge in [0.15, 0.2) is 0 Å². The number of nitrogens with zero attached hydrogens (tertiary/aromatic N) is 2. The van der Waals surface area contributed by atoms with E-state index in [4.69, 9.17) is 5.11 Å². The average Bonchev–Trinajstić information content (AvgIpc) is 2.71. The van der Waals surface area contributed by atoms with E-state index < -0.39 is 5.97 Å². The molecule has 0 radical (unpaired) electrons. The maximum atomic E-state index is 10.5. The van der Waals surface area contributed by atoms with Gasteiger partial charge in [-0.25, -0.2) is 0 Å². The number of nitrogens with one attached hydrogen (secondary N) is 1. The van der Waals surface area contributed by atoms with Crippen LogP contribution in [0.25, 0.3) is 0 Å². The van der Waals surface area contributed by atoms with Crippen LogP contribution in [0.4, 0.5) is 0 Å². The zero-order valence-corrected chi connectivity index (χ0v) is 17.8. The van der Waals surface area contributed by atoms with Crippen LogP contribution in [0.15, 0.2) is 76.0 Å². The van der Waals surface area contributed by atoms with E-state index in [1.807, 2.05) is 50.4 Å². The zero-order chi connectivity index (χ0) is 21.3. The fourth-order valence-corrected chi connectivity index (χ4v) is 2.50. The van der Waals surface area contributed by atoms with E-state index in [1.165, 1.54) is 0 Å². The lowest BCUT2D eigenvalue weighted by Crippen LogP contribution is -2.15. The van der Waals surface area contributed by atoms with Crippen molar-refractivity contribution in [3.63, 3.8) is 0 Å². The largest absolute Gasteiger partial charge is 0.481 e. The van der Waals surface area contributed by atoms with Gasteiger partial charge in [0.05, 0.1) is 0 Å². The third-order valence-corrected chi connectivity index (χ3v) is 4.11. The highest BCUT2D eigenvalue weighted by Gasteiger charge is 1.96. The Labute approximate surface area is 174 Å². The first kappa shape index (κ1) is 24.2. The van der Waals surface area contributed by atoms with Crippen LogP contribution in [0.2, 0.25) is 0 Å². The average molecular weight is 396 g/mol. The van der Waals surface area contributed by atoms with Crippen LogP contribution >= 0.6 is 0 Å². The summed E-state index contributed by atoms with van der Waals surface area (Å²) in [6.45, 7) is 7.73. The Bertz CT molecular complexity index is 760. The van der Waals surface area contributed by atoms with E-state index in [0.717, 1.165) is 48.5 Å². The van der Waals surface area contributed by atoms with Gasteiger partial charge in [0.1, 0.15) is 0 Å². The molecular formula is C24H33N3O2. The normalized spacial score (nSPS) is 13.6. The first-order valence-corrected chi connectivity index (χ1v) is 10.1. The number of hydrogen-bond donors (Lipinski definition) is 2. The van der Waals surface area contributed by atoms with Gasteiger partial charge in [0.25, 0.3) is 0 Å². The summed E-state index contributed by atoms with van der Waals surface area (Å²) >= 11 is 0. The second-order valence-electron chi connectivity index (χ2n) is 6.68. The lowest BCUT2D eigenvalue weighted by Gasteiger charge is -2.03. The molecule has 0 unspecified atom stereocenters. The maximum Gasteiger partial charge on any atom is 0.303 e. The van der Waals surface area contributed by atoms with Crippen LogP contribution in [0.3, 0.4) is 0 Å². The predicted octanol–water partition coefficient (Wildman–Crippen LogP) is 5.16. The third-order valence-electron chi connectivity index (χ3n) is 4.11. The van der Waals surface area contributed by atoms with E-state index in [9.17, 15) is 4.79 Å². The molecule has 5 nitrogen and oxygen atoms in total. The van der Waals surface area contributed by atoms with E-state index in [2.05, 4.69) is 40.4 Å². The summed E-state index contributed by atoms with van der Waals surface area (Å²) in [6.07, 6.45) is 12.2.